The van der Waals surface area contributed by atoms with Crippen molar-refractivity contribution >= 4 is 28.6 Å². The molecular weight excluding hydrogens is 488 g/mol. The van der Waals surface area contributed by atoms with E-state index in [9.17, 15) is 14.4 Å². The van der Waals surface area contributed by atoms with E-state index in [4.69, 9.17) is 0 Å². The second-order valence-electron chi connectivity index (χ2n) is 10.6. The Balaban J connectivity index is 1.32. The molecule has 7 nitrogen and oxygen atoms in total. The zero-order valence-corrected chi connectivity index (χ0v) is 22.1. The van der Waals surface area contributed by atoms with Gasteiger partial charge in [0.1, 0.15) is 12.1 Å². The number of fused-ring (bicyclic) bond motifs is 7. The van der Waals surface area contributed by atoms with Crippen LogP contribution in [0.2, 0.25) is 0 Å². The molecule has 0 bridgehead atoms. The molecular formula is C32H32N4O3. The lowest BCUT2D eigenvalue weighted by molar-refractivity contribution is -0.133. The van der Waals surface area contributed by atoms with Crippen molar-refractivity contribution in [3.8, 4) is 0 Å². The highest BCUT2D eigenvalue weighted by molar-refractivity contribution is 6.04. The molecule has 3 aromatic carbocycles. The molecule has 198 valence electrons. The largest absolute Gasteiger partial charge is 0.356 e. The summed E-state index contributed by atoms with van der Waals surface area (Å²) in [6.45, 7) is 4.35. The molecule has 0 spiro atoms. The lowest BCUT2D eigenvalue weighted by atomic mass is 9.89. The maximum absolute atomic E-state index is 14.0. The number of aromatic amines is 1. The number of hydrogen-bond acceptors (Lipinski definition) is 3. The van der Waals surface area contributed by atoms with Crippen LogP contribution in [-0.4, -0.2) is 39.7 Å². The van der Waals surface area contributed by atoms with E-state index >= 15 is 0 Å². The van der Waals surface area contributed by atoms with Gasteiger partial charge in [0.05, 0.1) is 6.04 Å². The first-order valence-electron chi connectivity index (χ1n) is 13.6. The van der Waals surface area contributed by atoms with Crippen molar-refractivity contribution in [1.29, 1.82) is 0 Å². The summed E-state index contributed by atoms with van der Waals surface area (Å²) in [4.78, 5) is 46.3. The Bertz CT molecular complexity index is 1560. The summed E-state index contributed by atoms with van der Waals surface area (Å²) in [6.07, 6.45) is 1.10. The summed E-state index contributed by atoms with van der Waals surface area (Å²) in [6, 6.07) is 23.5. The highest BCUT2D eigenvalue weighted by Crippen LogP contribution is 2.46. The third-order valence-electron chi connectivity index (χ3n) is 8.26. The average molecular weight is 521 g/mol. The molecule has 3 N–H and O–H groups in total. The van der Waals surface area contributed by atoms with Crippen LogP contribution in [0.25, 0.3) is 10.9 Å². The van der Waals surface area contributed by atoms with E-state index in [1.807, 2.05) is 86.6 Å². The second-order valence-corrected chi connectivity index (χ2v) is 10.6. The normalized spacial score (nSPS) is 19.1. The molecule has 1 aromatic heterocycles. The number of nitrogens with one attached hydrogen (secondary N) is 3. The number of rotatable bonds is 7. The lowest BCUT2D eigenvalue weighted by Gasteiger charge is -2.38. The summed E-state index contributed by atoms with van der Waals surface area (Å²) >= 11 is 0. The number of carbonyl (C=O) groups excluding carboxylic acids is 3. The van der Waals surface area contributed by atoms with Crippen LogP contribution in [0.5, 0.6) is 0 Å². The van der Waals surface area contributed by atoms with Crippen molar-refractivity contribution in [3.05, 3.63) is 107 Å². The molecule has 0 unspecified atom stereocenters. The predicted octanol–water partition coefficient (Wildman–Crippen LogP) is 4.49. The van der Waals surface area contributed by atoms with Crippen molar-refractivity contribution < 1.29 is 14.4 Å². The number of aromatic nitrogens is 1. The number of carbonyl (C=O) groups is 3. The van der Waals surface area contributed by atoms with Gasteiger partial charge in [0.25, 0.3) is 5.91 Å². The van der Waals surface area contributed by atoms with E-state index in [1.54, 1.807) is 4.90 Å². The molecule has 4 atom stereocenters. The molecule has 0 saturated heterocycles. The van der Waals surface area contributed by atoms with Crippen LogP contribution >= 0.6 is 0 Å². The fourth-order valence-electron chi connectivity index (χ4n) is 5.98. The summed E-state index contributed by atoms with van der Waals surface area (Å²) in [5.74, 6) is -0.775. The Kier molecular flexibility index (Phi) is 6.43. The molecule has 2 aliphatic rings. The van der Waals surface area contributed by atoms with Gasteiger partial charge in [-0.05, 0) is 34.7 Å². The van der Waals surface area contributed by atoms with E-state index in [-0.39, 0.29) is 29.7 Å². The summed E-state index contributed by atoms with van der Waals surface area (Å²) in [7, 11) is 0. The average Bonchev–Trinajstić information content (AvgIpc) is 3.49. The zero-order valence-electron chi connectivity index (χ0n) is 22.1. The van der Waals surface area contributed by atoms with Gasteiger partial charge < -0.3 is 20.5 Å². The number of benzene rings is 3. The van der Waals surface area contributed by atoms with Crippen molar-refractivity contribution in [3.63, 3.8) is 0 Å². The smallest absolute Gasteiger partial charge is 0.255 e. The maximum Gasteiger partial charge on any atom is 0.255 e. The van der Waals surface area contributed by atoms with Crippen LogP contribution in [0.4, 0.5) is 0 Å². The molecule has 0 fully saturated rings. The standard InChI is InChI=1S/C32H32N4O3/c1-3-19(2)27(31(38)33-18-20-11-5-4-6-12-20)35-30(37)26-17-24-21-13-9-10-16-25(21)34-28(24)29-22-14-7-8-15-23(22)32(39)36(26)29/h4-16,19,26-27,29,34H,3,17-18H2,1-2H3,(H,33,38)(H,35,37)/t19-,26-,27-,29+/m0/s1. The van der Waals surface area contributed by atoms with Gasteiger partial charge >= 0.3 is 0 Å². The third kappa shape index (κ3) is 4.28. The first kappa shape index (κ1) is 24.9. The fraction of sp³-hybridized carbons (Fsp3) is 0.281. The molecule has 6 rings (SSSR count). The Morgan fingerprint density at radius 3 is 2.51 bits per heavy atom. The van der Waals surface area contributed by atoms with E-state index in [0.29, 0.717) is 18.5 Å². The van der Waals surface area contributed by atoms with Gasteiger partial charge in [0, 0.05) is 35.1 Å². The topological polar surface area (TPSA) is 94.3 Å². The fourth-order valence-corrected chi connectivity index (χ4v) is 5.98. The Morgan fingerprint density at radius 2 is 1.72 bits per heavy atom. The Hall–Kier alpha value is -4.39. The third-order valence-corrected chi connectivity index (χ3v) is 8.26. The van der Waals surface area contributed by atoms with Gasteiger partial charge in [-0.25, -0.2) is 0 Å². The van der Waals surface area contributed by atoms with Gasteiger partial charge in [-0.1, -0.05) is 87.0 Å². The van der Waals surface area contributed by atoms with E-state index in [0.717, 1.165) is 39.7 Å². The number of hydrogen-bond donors (Lipinski definition) is 3. The SMILES string of the molecule is CC[C@H](C)[C@H](NC(=O)[C@@H]1Cc2c([nH]c3ccccc23)[C@H]2c3ccccc3C(=O)N21)C(=O)NCc1ccccc1. The quantitative estimate of drug-likeness (QED) is 0.335. The van der Waals surface area contributed by atoms with Gasteiger partial charge in [-0.15, -0.1) is 0 Å². The monoisotopic (exact) mass is 520 g/mol. The van der Waals surface area contributed by atoms with Crippen LogP contribution in [0.1, 0.15) is 59.1 Å². The highest BCUT2D eigenvalue weighted by atomic mass is 16.2. The van der Waals surface area contributed by atoms with Gasteiger partial charge in [-0.3, -0.25) is 14.4 Å². The molecule has 2 aliphatic heterocycles. The maximum atomic E-state index is 14.0. The first-order chi connectivity index (χ1) is 19.0. The van der Waals surface area contributed by atoms with Crippen molar-refractivity contribution in [1.82, 2.24) is 20.5 Å². The predicted molar refractivity (Wildman–Crippen MR) is 150 cm³/mol. The van der Waals surface area contributed by atoms with Crippen LogP contribution in [-0.2, 0) is 22.6 Å². The van der Waals surface area contributed by atoms with E-state index in [1.165, 1.54) is 0 Å². The van der Waals surface area contributed by atoms with Crippen molar-refractivity contribution in [2.75, 3.05) is 0 Å². The number of para-hydroxylation sites is 1. The molecule has 0 saturated carbocycles. The minimum absolute atomic E-state index is 0.0840. The van der Waals surface area contributed by atoms with Crippen LogP contribution < -0.4 is 10.6 Å². The van der Waals surface area contributed by atoms with E-state index in [2.05, 4.69) is 21.7 Å². The number of nitrogens with zero attached hydrogens (tertiary/aromatic N) is 1. The van der Waals surface area contributed by atoms with Crippen LogP contribution in [0, 0.1) is 5.92 Å². The van der Waals surface area contributed by atoms with Crippen LogP contribution in [0.15, 0.2) is 78.9 Å². The Morgan fingerprint density at radius 1 is 1.00 bits per heavy atom. The van der Waals surface area contributed by atoms with Gasteiger partial charge in [0.2, 0.25) is 11.8 Å². The van der Waals surface area contributed by atoms with Crippen molar-refractivity contribution in [2.45, 2.75) is 51.4 Å². The minimum Gasteiger partial charge on any atom is -0.356 e. The number of H-pyrrole nitrogens is 1. The molecule has 4 aromatic rings. The summed E-state index contributed by atoms with van der Waals surface area (Å²) < 4.78 is 0. The van der Waals surface area contributed by atoms with Crippen LogP contribution in [0.3, 0.4) is 0 Å². The van der Waals surface area contributed by atoms with Gasteiger partial charge in [-0.2, -0.15) is 0 Å². The van der Waals surface area contributed by atoms with Crippen molar-refractivity contribution in [2.24, 2.45) is 5.92 Å². The second kappa shape index (κ2) is 10.1. The summed E-state index contributed by atoms with van der Waals surface area (Å²) in [5.41, 5.74) is 5.49. The molecule has 0 radical (unpaired) electrons. The number of amides is 3. The summed E-state index contributed by atoms with van der Waals surface area (Å²) in [5, 5.41) is 7.09. The highest BCUT2D eigenvalue weighted by Gasteiger charge is 2.49. The van der Waals surface area contributed by atoms with Gasteiger partial charge in [0.15, 0.2) is 0 Å². The van der Waals surface area contributed by atoms with E-state index < -0.39 is 12.1 Å². The molecule has 0 aliphatic carbocycles. The zero-order chi connectivity index (χ0) is 27.1. The minimum atomic E-state index is -0.741. The lowest BCUT2D eigenvalue weighted by Crippen LogP contribution is -2.58. The molecule has 3 heterocycles. The molecule has 39 heavy (non-hydrogen) atoms. The Labute approximate surface area is 227 Å². The molecule has 7 heteroatoms. The first-order valence-corrected chi connectivity index (χ1v) is 13.6. The molecule has 3 amide bonds.